The van der Waals surface area contributed by atoms with Gasteiger partial charge in [0.15, 0.2) is 5.58 Å². The Balaban J connectivity index is 1.48. The molecule has 3 heterocycles. The summed E-state index contributed by atoms with van der Waals surface area (Å²) < 4.78 is 6.68. The van der Waals surface area contributed by atoms with Crippen molar-refractivity contribution in [1.82, 2.24) is 14.5 Å². The number of pyridine rings is 1. The molecule has 0 aliphatic carbocycles. The number of hydrogen-bond acceptors (Lipinski definition) is 4. The lowest BCUT2D eigenvalue weighted by Crippen LogP contribution is -2.46. The lowest BCUT2D eigenvalue weighted by Gasteiger charge is -2.36. The van der Waals surface area contributed by atoms with Crippen LogP contribution >= 0.6 is 0 Å². The predicted octanol–water partition coefficient (Wildman–Crippen LogP) is 3.00. The molecule has 1 atom stereocenters. The molecule has 1 saturated heterocycles. The summed E-state index contributed by atoms with van der Waals surface area (Å²) in [5, 5.41) is 0. The van der Waals surface area contributed by atoms with Gasteiger partial charge in [-0.1, -0.05) is 18.2 Å². The van der Waals surface area contributed by atoms with Crippen LogP contribution in [0.25, 0.3) is 11.1 Å². The Morgan fingerprint density at radius 1 is 1.15 bits per heavy atom. The molecule has 4 rings (SSSR count). The van der Waals surface area contributed by atoms with E-state index in [1.807, 2.05) is 41.3 Å². The van der Waals surface area contributed by atoms with Gasteiger partial charge in [-0.2, -0.15) is 0 Å². The Bertz CT molecular complexity index is 977. The van der Waals surface area contributed by atoms with Crippen LogP contribution in [-0.4, -0.2) is 32.9 Å². The maximum Gasteiger partial charge on any atom is 0.420 e. The summed E-state index contributed by atoms with van der Waals surface area (Å²) in [4.78, 5) is 31.5. The highest BCUT2D eigenvalue weighted by molar-refractivity contribution is 5.80. The average Bonchev–Trinajstić information content (AvgIpc) is 3.02. The molecule has 0 spiro atoms. The molecule has 1 fully saturated rings. The van der Waals surface area contributed by atoms with E-state index in [2.05, 4.69) is 4.98 Å². The number of carbonyl (C=O) groups excluding carboxylic acids is 1. The minimum absolute atomic E-state index is 0.0191. The number of oxazole rings is 1. The van der Waals surface area contributed by atoms with Gasteiger partial charge in [0.25, 0.3) is 0 Å². The fourth-order valence-corrected chi connectivity index (χ4v) is 3.88. The lowest BCUT2D eigenvalue weighted by molar-refractivity contribution is -0.135. The molecule has 6 heteroatoms. The van der Waals surface area contributed by atoms with Crippen LogP contribution in [0, 0.1) is 0 Å². The standard InChI is InChI=1S/C21H23N3O3/c25-20(15-24-18-9-1-2-10-19(18)27-21(24)26)23-14-6-4-8-17(23)12-11-16-7-3-5-13-22-16/h1-3,5,7,9-10,13,17H,4,6,8,11-12,14-15H2. The number of rotatable bonds is 5. The second-order valence-corrected chi connectivity index (χ2v) is 7.02. The van der Waals surface area contributed by atoms with Gasteiger partial charge >= 0.3 is 5.76 Å². The van der Waals surface area contributed by atoms with Crippen LogP contribution in [-0.2, 0) is 17.8 Å². The molecule has 1 aromatic carbocycles. The molecule has 1 aliphatic heterocycles. The summed E-state index contributed by atoms with van der Waals surface area (Å²) in [7, 11) is 0. The van der Waals surface area contributed by atoms with E-state index in [9.17, 15) is 9.59 Å². The van der Waals surface area contributed by atoms with E-state index in [-0.39, 0.29) is 18.5 Å². The van der Waals surface area contributed by atoms with Crippen LogP contribution in [0.1, 0.15) is 31.4 Å². The number of aryl methyl sites for hydroxylation is 1. The van der Waals surface area contributed by atoms with Gasteiger partial charge in [0.1, 0.15) is 6.54 Å². The Morgan fingerprint density at radius 3 is 2.85 bits per heavy atom. The van der Waals surface area contributed by atoms with Crippen LogP contribution in [0.3, 0.4) is 0 Å². The summed E-state index contributed by atoms with van der Waals surface area (Å²) in [6, 6.07) is 13.3. The number of piperidine rings is 1. The van der Waals surface area contributed by atoms with Crippen LogP contribution in [0.2, 0.25) is 0 Å². The third-order valence-corrected chi connectivity index (χ3v) is 5.27. The van der Waals surface area contributed by atoms with E-state index in [1.54, 1.807) is 12.3 Å². The first-order valence-corrected chi connectivity index (χ1v) is 9.50. The number of nitrogens with zero attached hydrogens (tertiary/aromatic N) is 3. The highest BCUT2D eigenvalue weighted by Crippen LogP contribution is 2.22. The van der Waals surface area contributed by atoms with E-state index in [0.29, 0.717) is 11.1 Å². The monoisotopic (exact) mass is 365 g/mol. The van der Waals surface area contributed by atoms with Crippen LogP contribution < -0.4 is 5.76 Å². The number of hydrogen-bond donors (Lipinski definition) is 0. The summed E-state index contributed by atoms with van der Waals surface area (Å²) in [6.45, 7) is 0.770. The van der Waals surface area contributed by atoms with Gasteiger partial charge in [-0.25, -0.2) is 4.79 Å². The number of benzene rings is 1. The molecule has 1 amide bonds. The quantitative estimate of drug-likeness (QED) is 0.697. The normalized spacial score (nSPS) is 17.3. The molecule has 0 radical (unpaired) electrons. The molecule has 6 nitrogen and oxygen atoms in total. The van der Waals surface area contributed by atoms with Gasteiger partial charge in [0.05, 0.1) is 5.52 Å². The SMILES string of the molecule is O=C(Cn1c(=O)oc2ccccc21)N1CCCCC1CCc1ccccn1. The van der Waals surface area contributed by atoms with Crippen molar-refractivity contribution in [2.24, 2.45) is 0 Å². The van der Waals surface area contributed by atoms with Gasteiger partial charge < -0.3 is 9.32 Å². The van der Waals surface area contributed by atoms with Crippen molar-refractivity contribution in [2.45, 2.75) is 44.7 Å². The molecule has 27 heavy (non-hydrogen) atoms. The largest absolute Gasteiger partial charge is 0.420 e. The fourth-order valence-electron chi connectivity index (χ4n) is 3.88. The maximum absolute atomic E-state index is 13.0. The molecule has 0 N–H and O–H groups in total. The highest BCUT2D eigenvalue weighted by atomic mass is 16.4. The summed E-state index contributed by atoms with van der Waals surface area (Å²) in [5.41, 5.74) is 2.23. The molecular formula is C21H23N3O3. The Morgan fingerprint density at radius 2 is 2.00 bits per heavy atom. The third kappa shape index (κ3) is 3.79. The summed E-state index contributed by atoms with van der Waals surface area (Å²) in [6.07, 6.45) is 6.68. The van der Waals surface area contributed by atoms with Crippen LogP contribution in [0.4, 0.5) is 0 Å². The fraction of sp³-hybridized carbons (Fsp3) is 0.381. The van der Waals surface area contributed by atoms with Gasteiger partial charge in [-0.15, -0.1) is 0 Å². The number of para-hydroxylation sites is 2. The second-order valence-electron chi connectivity index (χ2n) is 7.02. The summed E-state index contributed by atoms with van der Waals surface area (Å²) >= 11 is 0. The van der Waals surface area contributed by atoms with Gasteiger partial charge in [0.2, 0.25) is 5.91 Å². The first-order chi connectivity index (χ1) is 13.2. The molecule has 3 aromatic rings. The topological polar surface area (TPSA) is 68.3 Å². The zero-order valence-corrected chi connectivity index (χ0v) is 15.2. The minimum Gasteiger partial charge on any atom is -0.408 e. The third-order valence-electron chi connectivity index (χ3n) is 5.27. The zero-order valence-electron chi connectivity index (χ0n) is 15.2. The van der Waals surface area contributed by atoms with Crippen molar-refractivity contribution < 1.29 is 9.21 Å². The van der Waals surface area contributed by atoms with Gasteiger partial charge in [-0.05, 0) is 56.4 Å². The molecule has 0 bridgehead atoms. The van der Waals surface area contributed by atoms with Crippen molar-refractivity contribution >= 4 is 17.0 Å². The van der Waals surface area contributed by atoms with Crippen LogP contribution in [0.5, 0.6) is 0 Å². The predicted molar refractivity (Wildman–Crippen MR) is 102 cm³/mol. The lowest BCUT2D eigenvalue weighted by atomic mass is 9.97. The van der Waals surface area contributed by atoms with E-state index in [0.717, 1.165) is 44.3 Å². The van der Waals surface area contributed by atoms with E-state index >= 15 is 0 Å². The average molecular weight is 365 g/mol. The van der Waals surface area contributed by atoms with Crippen LogP contribution in [0.15, 0.2) is 57.9 Å². The number of amides is 1. The van der Waals surface area contributed by atoms with E-state index in [4.69, 9.17) is 4.42 Å². The molecule has 2 aromatic heterocycles. The second kappa shape index (κ2) is 7.78. The van der Waals surface area contributed by atoms with Crippen molar-refractivity contribution in [2.75, 3.05) is 6.54 Å². The van der Waals surface area contributed by atoms with Crippen molar-refractivity contribution in [1.29, 1.82) is 0 Å². The van der Waals surface area contributed by atoms with E-state index < -0.39 is 5.76 Å². The number of fused-ring (bicyclic) bond motifs is 1. The highest BCUT2D eigenvalue weighted by Gasteiger charge is 2.27. The molecule has 0 saturated carbocycles. The zero-order chi connectivity index (χ0) is 18.6. The van der Waals surface area contributed by atoms with Gasteiger partial charge in [-0.3, -0.25) is 14.3 Å². The van der Waals surface area contributed by atoms with E-state index in [1.165, 1.54) is 4.57 Å². The Hall–Kier alpha value is -2.89. The molecule has 140 valence electrons. The first kappa shape index (κ1) is 17.5. The number of carbonyl (C=O) groups is 1. The molecular weight excluding hydrogens is 342 g/mol. The van der Waals surface area contributed by atoms with Crippen molar-refractivity contribution in [3.63, 3.8) is 0 Å². The first-order valence-electron chi connectivity index (χ1n) is 9.50. The molecule has 1 aliphatic rings. The Kier molecular flexibility index (Phi) is 5.05. The number of aromatic nitrogens is 2. The minimum atomic E-state index is -0.480. The smallest absolute Gasteiger partial charge is 0.408 e. The summed E-state index contributed by atoms with van der Waals surface area (Å²) in [5.74, 6) is -0.499. The van der Waals surface area contributed by atoms with Crippen molar-refractivity contribution in [3.8, 4) is 0 Å². The number of likely N-dealkylation sites (tertiary alicyclic amines) is 1. The van der Waals surface area contributed by atoms with Gasteiger partial charge in [0, 0.05) is 24.5 Å². The Labute approximate surface area is 157 Å². The molecule has 1 unspecified atom stereocenters. The van der Waals surface area contributed by atoms with Crippen molar-refractivity contribution in [3.05, 3.63) is 64.9 Å². The maximum atomic E-state index is 13.0.